The van der Waals surface area contributed by atoms with E-state index in [-0.39, 0.29) is 17.9 Å². The molecule has 3 fully saturated rings. The molecular formula is C27H32N4OS. The first-order valence-corrected chi connectivity index (χ1v) is 13.5. The Balaban J connectivity index is 1.24. The highest BCUT2D eigenvalue weighted by atomic mass is 32.1. The van der Waals surface area contributed by atoms with Gasteiger partial charge in [-0.1, -0.05) is 49.6 Å². The highest BCUT2D eigenvalue weighted by molar-refractivity contribution is 7.17. The number of anilines is 1. The lowest BCUT2D eigenvalue weighted by Crippen LogP contribution is -2.46. The van der Waals surface area contributed by atoms with Crippen LogP contribution in [0.3, 0.4) is 0 Å². The van der Waals surface area contributed by atoms with Crippen LogP contribution in [0.4, 0.5) is 5.82 Å². The molecule has 1 aliphatic heterocycles. The Morgan fingerprint density at radius 2 is 1.70 bits per heavy atom. The lowest BCUT2D eigenvalue weighted by Gasteiger charge is -2.34. The van der Waals surface area contributed by atoms with Gasteiger partial charge in [0.05, 0.1) is 5.39 Å². The van der Waals surface area contributed by atoms with Crippen molar-refractivity contribution in [1.29, 1.82) is 0 Å². The Hall–Kier alpha value is -2.47. The van der Waals surface area contributed by atoms with Crippen LogP contribution in [0.2, 0.25) is 0 Å². The van der Waals surface area contributed by atoms with Crippen LogP contribution in [0.5, 0.6) is 0 Å². The molecule has 2 saturated carbocycles. The summed E-state index contributed by atoms with van der Waals surface area (Å²) in [5.74, 6) is 3.17. The minimum Gasteiger partial charge on any atom is -0.356 e. The summed E-state index contributed by atoms with van der Waals surface area (Å²) in [5, 5.41) is 6.81. The molecule has 3 aliphatic rings. The molecule has 5 nitrogen and oxygen atoms in total. The molecule has 3 heterocycles. The summed E-state index contributed by atoms with van der Waals surface area (Å²) in [4.78, 5) is 26.4. The average Bonchev–Trinajstić information content (AvgIpc) is 3.64. The van der Waals surface area contributed by atoms with Gasteiger partial charge in [0.15, 0.2) is 0 Å². The second-order valence-electron chi connectivity index (χ2n) is 9.98. The van der Waals surface area contributed by atoms with Gasteiger partial charge < -0.3 is 10.2 Å². The highest BCUT2D eigenvalue weighted by Crippen LogP contribution is 2.43. The van der Waals surface area contributed by atoms with Crippen molar-refractivity contribution in [3.63, 3.8) is 0 Å². The maximum absolute atomic E-state index is 12.7. The Kier molecular flexibility index (Phi) is 5.78. The van der Waals surface area contributed by atoms with E-state index in [0.29, 0.717) is 5.92 Å². The SMILES string of the molecule is O=C(NC1CCN(c2nc(C3CC3)nc3scc(-c4ccccc4)c23)CC1)C1CCCCC1. The largest absolute Gasteiger partial charge is 0.356 e. The molecule has 1 amide bonds. The molecule has 0 spiro atoms. The number of fused-ring (bicyclic) bond motifs is 1. The van der Waals surface area contributed by atoms with Gasteiger partial charge >= 0.3 is 0 Å². The smallest absolute Gasteiger partial charge is 0.223 e. The molecule has 1 saturated heterocycles. The van der Waals surface area contributed by atoms with Crippen LogP contribution in [-0.4, -0.2) is 35.0 Å². The van der Waals surface area contributed by atoms with E-state index in [1.807, 2.05) is 0 Å². The molecule has 0 bridgehead atoms. The number of nitrogens with one attached hydrogen (secondary N) is 1. The molecule has 2 aromatic heterocycles. The van der Waals surface area contributed by atoms with Crippen molar-refractivity contribution in [2.24, 2.45) is 5.92 Å². The minimum atomic E-state index is 0.235. The molecule has 2 aliphatic carbocycles. The number of hydrogen-bond donors (Lipinski definition) is 1. The van der Waals surface area contributed by atoms with Gasteiger partial charge in [0.2, 0.25) is 5.91 Å². The number of hydrogen-bond acceptors (Lipinski definition) is 5. The third-order valence-corrected chi connectivity index (χ3v) is 8.45. The topological polar surface area (TPSA) is 58.1 Å². The van der Waals surface area contributed by atoms with Crippen LogP contribution < -0.4 is 10.2 Å². The molecule has 0 radical (unpaired) electrons. The summed E-state index contributed by atoms with van der Waals surface area (Å²) in [6.45, 7) is 1.85. The maximum atomic E-state index is 12.7. The Morgan fingerprint density at radius 1 is 0.939 bits per heavy atom. The van der Waals surface area contributed by atoms with Gasteiger partial charge in [-0.3, -0.25) is 4.79 Å². The molecular weight excluding hydrogens is 428 g/mol. The Labute approximate surface area is 199 Å². The van der Waals surface area contributed by atoms with E-state index in [4.69, 9.17) is 9.97 Å². The summed E-state index contributed by atoms with van der Waals surface area (Å²) >= 11 is 1.74. The van der Waals surface area contributed by atoms with Gasteiger partial charge in [0.1, 0.15) is 16.5 Å². The van der Waals surface area contributed by atoms with E-state index in [1.165, 1.54) is 48.6 Å². The monoisotopic (exact) mass is 460 g/mol. The third-order valence-electron chi connectivity index (χ3n) is 7.58. The predicted molar refractivity (Wildman–Crippen MR) is 135 cm³/mol. The van der Waals surface area contributed by atoms with Gasteiger partial charge in [0, 0.05) is 41.9 Å². The van der Waals surface area contributed by atoms with Crippen LogP contribution in [-0.2, 0) is 4.79 Å². The zero-order valence-electron chi connectivity index (χ0n) is 19.1. The normalized spacial score (nSPS) is 20.3. The van der Waals surface area contributed by atoms with Crippen LogP contribution in [0.25, 0.3) is 21.3 Å². The molecule has 0 unspecified atom stereocenters. The molecule has 3 aromatic rings. The van der Waals surface area contributed by atoms with Crippen LogP contribution in [0.1, 0.15) is 69.5 Å². The summed E-state index contributed by atoms with van der Waals surface area (Å²) in [6, 6.07) is 10.9. The average molecular weight is 461 g/mol. The van der Waals surface area contributed by atoms with Crippen LogP contribution in [0.15, 0.2) is 35.7 Å². The molecule has 0 atom stereocenters. The van der Waals surface area contributed by atoms with E-state index in [2.05, 4.69) is 45.9 Å². The molecule has 6 rings (SSSR count). The lowest BCUT2D eigenvalue weighted by molar-refractivity contribution is -0.126. The molecule has 1 N–H and O–H groups in total. The summed E-state index contributed by atoms with van der Waals surface area (Å²) in [7, 11) is 0. The van der Waals surface area contributed by atoms with Gasteiger partial charge in [0.25, 0.3) is 0 Å². The van der Waals surface area contributed by atoms with Crippen molar-refractivity contribution < 1.29 is 4.79 Å². The number of carbonyl (C=O) groups excluding carboxylic acids is 1. The fraction of sp³-hybridized carbons (Fsp3) is 0.519. The van der Waals surface area contributed by atoms with Crippen molar-refractivity contribution in [2.45, 2.75) is 69.7 Å². The summed E-state index contributed by atoms with van der Waals surface area (Å²) < 4.78 is 0. The minimum absolute atomic E-state index is 0.235. The number of rotatable bonds is 5. The second-order valence-corrected chi connectivity index (χ2v) is 10.8. The lowest BCUT2D eigenvalue weighted by atomic mass is 9.88. The van der Waals surface area contributed by atoms with Gasteiger partial charge in [-0.15, -0.1) is 11.3 Å². The first-order valence-electron chi connectivity index (χ1n) is 12.7. The third kappa shape index (κ3) is 4.37. The first kappa shape index (κ1) is 21.1. The molecule has 33 heavy (non-hydrogen) atoms. The van der Waals surface area contributed by atoms with Crippen molar-refractivity contribution in [2.75, 3.05) is 18.0 Å². The van der Waals surface area contributed by atoms with Crippen LogP contribution >= 0.6 is 11.3 Å². The van der Waals surface area contributed by atoms with E-state index < -0.39 is 0 Å². The highest BCUT2D eigenvalue weighted by Gasteiger charge is 2.31. The standard InChI is InChI=1S/C27H32N4OS/c32-26(20-9-5-2-6-10-20)28-21-13-15-31(16-14-21)25-23-22(18-7-3-1-4-8-18)17-33-27(23)30-24(29-25)19-11-12-19/h1,3-4,7-8,17,19-21H,2,5-6,9-16H2,(H,28,32). The molecule has 6 heteroatoms. The zero-order chi connectivity index (χ0) is 22.2. The van der Waals surface area contributed by atoms with E-state index in [0.717, 1.165) is 55.2 Å². The van der Waals surface area contributed by atoms with Gasteiger partial charge in [-0.05, 0) is 44.1 Å². The van der Waals surface area contributed by atoms with Crippen molar-refractivity contribution in [1.82, 2.24) is 15.3 Å². The van der Waals surface area contributed by atoms with Crippen molar-refractivity contribution >= 4 is 33.3 Å². The van der Waals surface area contributed by atoms with Crippen molar-refractivity contribution in [3.05, 3.63) is 41.5 Å². The predicted octanol–water partition coefficient (Wildman–Crippen LogP) is 5.90. The van der Waals surface area contributed by atoms with E-state index >= 15 is 0 Å². The number of thiophene rings is 1. The molecule has 1 aromatic carbocycles. The summed E-state index contributed by atoms with van der Waals surface area (Å²) in [5.41, 5.74) is 2.46. The number of amides is 1. The Bertz CT molecular complexity index is 1130. The molecule has 172 valence electrons. The fourth-order valence-corrected chi connectivity index (χ4v) is 6.39. The van der Waals surface area contributed by atoms with E-state index in [9.17, 15) is 4.79 Å². The number of piperidine rings is 1. The second kappa shape index (κ2) is 9.05. The summed E-state index contributed by atoms with van der Waals surface area (Å²) in [6.07, 6.45) is 10.2. The van der Waals surface area contributed by atoms with E-state index in [1.54, 1.807) is 11.3 Å². The number of carbonyl (C=O) groups is 1. The number of aromatic nitrogens is 2. The number of benzene rings is 1. The quantitative estimate of drug-likeness (QED) is 0.515. The first-order chi connectivity index (χ1) is 16.3. The number of nitrogens with zero attached hydrogens (tertiary/aromatic N) is 3. The van der Waals surface area contributed by atoms with Crippen LogP contribution in [0, 0.1) is 5.92 Å². The zero-order valence-corrected chi connectivity index (χ0v) is 19.9. The Morgan fingerprint density at radius 3 is 2.42 bits per heavy atom. The maximum Gasteiger partial charge on any atom is 0.223 e. The fourth-order valence-electron chi connectivity index (χ4n) is 5.44. The van der Waals surface area contributed by atoms with Gasteiger partial charge in [-0.2, -0.15) is 0 Å². The van der Waals surface area contributed by atoms with Gasteiger partial charge in [-0.25, -0.2) is 9.97 Å². The van der Waals surface area contributed by atoms with Crippen molar-refractivity contribution in [3.8, 4) is 11.1 Å².